The maximum atomic E-state index is 11.7. The van der Waals surface area contributed by atoms with Crippen molar-refractivity contribution < 1.29 is 19.1 Å². The van der Waals surface area contributed by atoms with E-state index in [1.54, 1.807) is 18.2 Å². The zero-order valence-electron chi connectivity index (χ0n) is 10.3. The van der Waals surface area contributed by atoms with Gasteiger partial charge >= 0.3 is 0 Å². The van der Waals surface area contributed by atoms with E-state index in [4.69, 9.17) is 9.47 Å². The molecule has 1 amide bonds. The van der Waals surface area contributed by atoms with Crippen molar-refractivity contribution in [1.29, 1.82) is 0 Å². The van der Waals surface area contributed by atoms with Crippen molar-refractivity contribution in [3.63, 3.8) is 0 Å². The van der Waals surface area contributed by atoms with Crippen LogP contribution in [0.5, 0.6) is 5.75 Å². The number of hydrogen-bond donors (Lipinski definition) is 1. The third-order valence-corrected chi connectivity index (χ3v) is 2.78. The van der Waals surface area contributed by atoms with Gasteiger partial charge in [-0.15, -0.1) is 0 Å². The summed E-state index contributed by atoms with van der Waals surface area (Å²) in [6.45, 7) is 1.26. The molecule has 1 atom stereocenters. The monoisotopic (exact) mass is 251 g/mol. The molecule has 1 aliphatic rings. The Morgan fingerprint density at radius 2 is 2.33 bits per heavy atom. The summed E-state index contributed by atoms with van der Waals surface area (Å²) in [4.78, 5) is 16.3. The average molecular weight is 251 g/mol. The Morgan fingerprint density at radius 1 is 1.50 bits per heavy atom. The van der Waals surface area contributed by atoms with Gasteiger partial charge in [0.15, 0.2) is 0 Å². The highest BCUT2D eigenvalue weighted by Crippen LogP contribution is 2.20. The topological polar surface area (TPSA) is 56.8 Å². The van der Waals surface area contributed by atoms with E-state index in [9.17, 15) is 4.79 Å². The summed E-state index contributed by atoms with van der Waals surface area (Å²) in [7, 11) is 1.40. The second-order valence-corrected chi connectivity index (χ2v) is 4.08. The highest BCUT2D eigenvalue weighted by atomic mass is 16.6. The normalized spacial score (nSPS) is 18.6. The number of amides is 1. The van der Waals surface area contributed by atoms with Gasteiger partial charge in [0.25, 0.3) is 5.91 Å². The van der Waals surface area contributed by atoms with E-state index in [1.807, 2.05) is 6.07 Å². The maximum absolute atomic E-state index is 11.7. The minimum absolute atomic E-state index is 0.128. The number of rotatable bonds is 5. The second-order valence-electron chi connectivity index (χ2n) is 4.08. The van der Waals surface area contributed by atoms with Gasteiger partial charge in [0, 0.05) is 6.61 Å². The smallest absolute Gasteiger partial charge is 0.278 e. The number of para-hydroxylation sites is 1. The SMILES string of the molecule is CONC(=O)c1ccccc1OC[C@H]1CCCO1. The predicted molar refractivity (Wildman–Crippen MR) is 65.4 cm³/mol. The van der Waals surface area contributed by atoms with E-state index < -0.39 is 0 Å². The highest BCUT2D eigenvalue weighted by molar-refractivity contribution is 5.96. The van der Waals surface area contributed by atoms with E-state index in [0.717, 1.165) is 19.4 Å². The zero-order valence-corrected chi connectivity index (χ0v) is 10.3. The van der Waals surface area contributed by atoms with Gasteiger partial charge in [-0.1, -0.05) is 12.1 Å². The molecule has 0 bridgehead atoms. The molecule has 0 aliphatic carbocycles. The minimum Gasteiger partial charge on any atom is -0.490 e. The molecule has 1 N–H and O–H groups in total. The zero-order chi connectivity index (χ0) is 12.8. The first kappa shape index (κ1) is 12.9. The van der Waals surface area contributed by atoms with E-state index in [2.05, 4.69) is 10.3 Å². The second kappa shape index (κ2) is 6.37. The first-order chi connectivity index (χ1) is 8.81. The van der Waals surface area contributed by atoms with E-state index in [1.165, 1.54) is 7.11 Å². The van der Waals surface area contributed by atoms with E-state index >= 15 is 0 Å². The molecule has 0 spiro atoms. The quantitative estimate of drug-likeness (QED) is 0.806. The molecule has 98 valence electrons. The molecule has 1 saturated heterocycles. The standard InChI is InChI=1S/C13H17NO4/c1-16-14-13(15)11-6-2-3-7-12(11)18-9-10-5-4-8-17-10/h2-3,6-7,10H,4-5,8-9H2,1H3,(H,14,15)/t10-/m1/s1. The number of nitrogens with one attached hydrogen (secondary N) is 1. The lowest BCUT2D eigenvalue weighted by Gasteiger charge is -2.14. The average Bonchev–Trinajstić information content (AvgIpc) is 2.90. The van der Waals surface area contributed by atoms with Crippen LogP contribution in [0.25, 0.3) is 0 Å². The lowest BCUT2D eigenvalue weighted by Crippen LogP contribution is -2.23. The molecule has 1 aromatic rings. The molecule has 1 aliphatic heterocycles. The molecule has 2 rings (SSSR count). The highest BCUT2D eigenvalue weighted by Gasteiger charge is 2.18. The van der Waals surface area contributed by atoms with Crippen LogP contribution in [-0.2, 0) is 9.57 Å². The molecular weight excluding hydrogens is 234 g/mol. The Labute approximate surface area is 106 Å². The molecule has 5 nitrogen and oxygen atoms in total. The van der Waals surface area contributed by atoms with Crippen LogP contribution in [-0.4, -0.2) is 32.3 Å². The molecule has 1 heterocycles. The van der Waals surface area contributed by atoms with Gasteiger partial charge in [0.05, 0.1) is 18.8 Å². The predicted octanol–water partition coefficient (Wildman–Crippen LogP) is 1.54. The molecule has 1 fully saturated rings. The molecule has 0 aromatic heterocycles. The fraction of sp³-hybridized carbons (Fsp3) is 0.462. The lowest BCUT2D eigenvalue weighted by atomic mass is 10.2. The Kier molecular flexibility index (Phi) is 4.55. The van der Waals surface area contributed by atoms with E-state index in [-0.39, 0.29) is 12.0 Å². The van der Waals surface area contributed by atoms with E-state index in [0.29, 0.717) is 17.9 Å². The van der Waals surface area contributed by atoms with Crippen molar-refractivity contribution in [2.45, 2.75) is 18.9 Å². The third kappa shape index (κ3) is 3.21. The van der Waals surface area contributed by atoms with Crippen molar-refractivity contribution in [2.24, 2.45) is 0 Å². The van der Waals surface area contributed by atoms with Crippen molar-refractivity contribution >= 4 is 5.91 Å². The molecule has 0 saturated carbocycles. The van der Waals surface area contributed by atoms with Crippen molar-refractivity contribution in [3.8, 4) is 5.75 Å². The molecular formula is C13H17NO4. The van der Waals surface area contributed by atoms with Gasteiger partial charge in [0.2, 0.25) is 0 Å². The lowest BCUT2D eigenvalue weighted by molar-refractivity contribution is 0.0519. The fourth-order valence-electron chi connectivity index (χ4n) is 1.89. The molecule has 0 radical (unpaired) electrons. The van der Waals surface area contributed by atoms with Crippen LogP contribution in [0.4, 0.5) is 0 Å². The largest absolute Gasteiger partial charge is 0.490 e. The van der Waals surface area contributed by atoms with Gasteiger partial charge < -0.3 is 9.47 Å². The first-order valence-electron chi connectivity index (χ1n) is 5.98. The van der Waals surface area contributed by atoms with Crippen LogP contribution in [0.3, 0.4) is 0 Å². The van der Waals surface area contributed by atoms with Gasteiger partial charge in [-0.25, -0.2) is 5.48 Å². The van der Waals surface area contributed by atoms with Crippen molar-refractivity contribution in [2.75, 3.05) is 20.3 Å². The summed E-state index contributed by atoms with van der Waals surface area (Å²) in [5.74, 6) is 0.225. The van der Waals surface area contributed by atoms with Gasteiger partial charge in [-0.2, -0.15) is 0 Å². The number of benzene rings is 1. The number of hydrogen-bond acceptors (Lipinski definition) is 4. The minimum atomic E-state index is -0.319. The Morgan fingerprint density at radius 3 is 3.06 bits per heavy atom. The summed E-state index contributed by atoms with van der Waals surface area (Å²) < 4.78 is 11.1. The summed E-state index contributed by atoms with van der Waals surface area (Å²) >= 11 is 0. The van der Waals surface area contributed by atoms with Crippen LogP contribution in [0.15, 0.2) is 24.3 Å². The fourth-order valence-corrected chi connectivity index (χ4v) is 1.89. The van der Waals surface area contributed by atoms with Crippen LogP contribution in [0.2, 0.25) is 0 Å². The summed E-state index contributed by atoms with van der Waals surface area (Å²) in [5.41, 5.74) is 2.74. The number of carbonyl (C=O) groups excluding carboxylic acids is 1. The van der Waals surface area contributed by atoms with Gasteiger partial charge in [-0.3, -0.25) is 9.63 Å². The maximum Gasteiger partial charge on any atom is 0.278 e. The molecule has 0 unspecified atom stereocenters. The van der Waals surface area contributed by atoms with Crippen molar-refractivity contribution in [3.05, 3.63) is 29.8 Å². The number of carbonyl (C=O) groups is 1. The third-order valence-electron chi connectivity index (χ3n) is 2.78. The Balaban J connectivity index is 2.00. The van der Waals surface area contributed by atoms with Crippen LogP contribution in [0.1, 0.15) is 23.2 Å². The van der Waals surface area contributed by atoms with Gasteiger partial charge in [0.1, 0.15) is 12.4 Å². The van der Waals surface area contributed by atoms with Crippen LogP contribution >= 0.6 is 0 Å². The first-order valence-corrected chi connectivity index (χ1v) is 5.98. The molecule has 5 heteroatoms. The number of hydroxylamine groups is 1. The number of ether oxygens (including phenoxy) is 2. The van der Waals surface area contributed by atoms with Crippen molar-refractivity contribution in [1.82, 2.24) is 5.48 Å². The summed E-state index contributed by atoms with van der Waals surface area (Å²) in [6.07, 6.45) is 2.20. The van der Waals surface area contributed by atoms with Crippen LogP contribution in [0, 0.1) is 0 Å². The molecule has 1 aromatic carbocycles. The molecule has 18 heavy (non-hydrogen) atoms. The summed E-state index contributed by atoms with van der Waals surface area (Å²) in [5, 5.41) is 0. The summed E-state index contributed by atoms with van der Waals surface area (Å²) in [6, 6.07) is 7.07. The van der Waals surface area contributed by atoms with Gasteiger partial charge in [-0.05, 0) is 25.0 Å². The Hall–Kier alpha value is -1.59. The Bertz CT molecular complexity index is 402. The van der Waals surface area contributed by atoms with Crippen LogP contribution < -0.4 is 10.2 Å².